The highest BCUT2D eigenvalue weighted by atomic mass is 16.5. The maximum Gasteiger partial charge on any atom is 0.310 e. The second kappa shape index (κ2) is 6.69. The van der Waals surface area contributed by atoms with Gasteiger partial charge < -0.3 is 15.2 Å². The molecule has 0 aromatic heterocycles. The third kappa shape index (κ3) is 3.80. The summed E-state index contributed by atoms with van der Waals surface area (Å²) < 4.78 is 5.22. The van der Waals surface area contributed by atoms with Crippen LogP contribution in [0.25, 0.3) is 0 Å². The number of aryl methyl sites for hydroxylation is 1. The first kappa shape index (κ1) is 15.5. The molecule has 0 bridgehead atoms. The molecule has 1 heterocycles. The van der Waals surface area contributed by atoms with E-state index < -0.39 is 11.9 Å². The average Bonchev–Trinajstić information content (AvgIpc) is 2.91. The van der Waals surface area contributed by atoms with Crippen molar-refractivity contribution in [2.45, 2.75) is 13.0 Å². The molecule has 21 heavy (non-hydrogen) atoms. The van der Waals surface area contributed by atoms with Crippen molar-refractivity contribution in [3.63, 3.8) is 0 Å². The molecule has 6 nitrogen and oxygen atoms in total. The van der Waals surface area contributed by atoms with Crippen LogP contribution in [0.1, 0.15) is 5.56 Å². The maximum atomic E-state index is 12.1. The molecule has 2 unspecified atom stereocenters. The van der Waals surface area contributed by atoms with Crippen LogP contribution >= 0.6 is 0 Å². The van der Waals surface area contributed by atoms with E-state index in [9.17, 15) is 9.59 Å². The minimum atomic E-state index is -0.885. The van der Waals surface area contributed by atoms with Crippen molar-refractivity contribution in [2.75, 3.05) is 32.1 Å². The van der Waals surface area contributed by atoms with E-state index in [0.717, 1.165) is 11.3 Å². The Morgan fingerprint density at radius 2 is 2.10 bits per heavy atom. The Balaban J connectivity index is 1.93. The standard InChI is InChI=1S/C15H20N2O4/c1-10-5-3-4-6-12(10)16-14(18)7-17(2)13-9-21-8-11(13)15(19)20/h3-6,11,13H,7-9H2,1-2H3,(H,16,18)(H,19,20). The fourth-order valence-corrected chi connectivity index (χ4v) is 2.46. The molecule has 1 aliphatic heterocycles. The Labute approximate surface area is 123 Å². The number of para-hydroxylation sites is 1. The number of ether oxygens (including phenoxy) is 1. The number of benzene rings is 1. The van der Waals surface area contributed by atoms with Crippen molar-refractivity contribution in [1.82, 2.24) is 4.90 Å². The smallest absolute Gasteiger partial charge is 0.310 e. The van der Waals surface area contributed by atoms with Crippen molar-refractivity contribution >= 4 is 17.6 Å². The topological polar surface area (TPSA) is 78.9 Å². The minimum absolute atomic E-state index is 0.131. The molecule has 1 saturated heterocycles. The largest absolute Gasteiger partial charge is 0.481 e. The second-order valence-corrected chi connectivity index (χ2v) is 5.33. The third-order valence-electron chi connectivity index (χ3n) is 3.75. The summed E-state index contributed by atoms with van der Waals surface area (Å²) in [5.74, 6) is -1.63. The highest BCUT2D eigenvalue weighted by Gasteiger charge is 2.37. The number of anilines is 1. The van der Waals surface area contributed by atoms with Gasteiger partial charge in [0.2, 0.25) is 5.91 Å². The summed E-state index contributed by atoms with van der Waals surface area (Å²) in [5.41, 5.74) is 1.76. The van der Waals surface area contributed by atoms with E-state index in [-0.39, 0.29) is 25.1 Å². The lowest BCUT2D eigenvalue weighted by Crippen LogP contribution is -2.44. The Morgan fingerprint density at radius 1 is 1.38 bits per heavy atom. The van der Waals surface area contributed by atoms with Gasteiger partial charge in [0.1, 0.15) is 0 Å². The zero-order chi connectivity index (χ0) is 15.4. The van der Waals surface area contributed by atoms with E-state index in [1.165, 1.54) is 0 Å². The predicted molar refractivity (Wildman–Crippen MR) is 78.2 cm³/mol. The maximum absolute atomic E-state index is 12.1. The lowest BCUT2D eigenvalue weighted by Gasteiger charge is -2.25. The Kier molecular flexibility index (Phi) is 4.93. The number of hydrogen-bond donors (Lipinski definition) is 2. The van der Waals surface area contributed by atoms with E-state index >= 15 is 0 Å². The van der Waals surface area contributed by atoms with Gasteiger partial charge in [0.25, 0.3) is 0 Å². The molecular weight excluding hydrogens is 272 g/mol. The molecule has 2 rings (SSSR count). The molecule has 0 aliphatic carbocycles. The first-order valence-electron chi connectivity index (χ1n) is 6.85. The molecule has 1 aromatic rings. The highest BCUT2D eigenvalue weighted by Crippen LogP contribution is 2.19. The molecule has 1 fully saturated rings. The van der Waals surface area contributed by atoms with Crippen molar-refractivity contribution in [3.05, 3.63) is 29.8 Å². The van der Waals surface area contributed by atoms with Crippen molar-refractivity contribution in [3.8, 4) is 0 Å². The lowest BCUT2D eigenvalue weighted by atomic mass is 10.0. The van der Waals surface area contributed by atoms with E-state index in [0.29, 0.717) is 6.61 Å². The number of carboxylic acids is 1. The first-order chi connectivity index (χ1) is 9.99. The van der Waals surface area contributed by atoms with Crippen LogP contribution in [0, 0.1) is 12.8 Å². The zero-order valence-electron chi connectivity index (χ0n) is 12.2. The number of amides is 1. The van der Waals surface area contributed by atoms with Gasteiger partial charge in [0.05, 0.1) is 25.7 Å². The summed E-state index contributed by atoms with van der Waals surface area (Å²) >= 11 is 0. The van der Waals surface area contributed by atoms with Crippen LogP contribution in [-0.2, 0) is 14.3 Å². The molecule has 0 saturated carbocycles. The third-order valence-corrected chi connectivity index (χ3v) is 3.75. The van der Waals surface area contributed by atoms with Gasteiger partial charge in [-0.25, -0.2) is 0 Å². The molecule has 6 heteroatoms. The number of nitrogens with one attached hydrogen (secondary N) is 1. The number of nitrogens with zero attached hydrogens (tertiary/aromatic N) is 1. The van der Waals surface area contributed by atoms with Gasteiger partial charge in [-0.3, -0.25) is 14.5 Å². The Bertz CT molecular complexity index is 532. The SMILES string of the molecule is Cc1ccccc1NC(=O)CN(C)C1COCC1C(=O)O. The molecule has 1 amide bonds. The summed E-state index contributed by atoms with van der Waals surface area (Å²) in [6, 6.07) is 7.25. The monoisotopic (exact) mass is 292 g/mol. The normalized spacial score (nSPS) is 21.5. The summed E-state index contributed by atoms with van der Waals surface area (Å²) in [6.45, 7) is 2.59. The number of rotatable bonds is 5. The fourth-order valence-electron chi connectivity index (χ4n) is 2.46. The van der Waals surface area contributed by atoms with Crippen molar-refractivity contribution in [1.29, 1.82) is 0 Å². The number of carboxylic acid groups (broad SMARTS) is 1. The van der Waals surface area contributed by atoms with Gasteiger partial charge in [-0.1, -0.05) is 18.2 Å². The van der Waals surface area contributed by atoms with Crippen molar-refractivity contribution in [2.24, 2.45) is 5.92 Å². The predicted octanol–water partition coefficient (Wildman–Crippen LogP) is 0.965. The number of aliphatic carboxylic acids is 1. The van der Waals surface area contributed by atoms with Crippen molar-refractivity contribution < 1.29 is 19.4 Å². The van der Waals surface area contributed by atoms with Crippen LogP contribution in [0.15, 0.2) is 24.3 Å². The minimum Gasteiger partial charge on any atom is -0.481 e. The van der Waals surface area contributed by atoms with Crippen LogP contribution < -0.4 is 5.32 Å². The average molecular weight is 292 g/mol. The molecule has 2 atom stereocenters. The number of carbonyl (C=O) groups excluding carboxylic acids is 1. The van der Waals surface area contributed by atoms with E-state index in [1.807, 2.05) is 31.2 Å². The number of hydrogen-bond acceptors (Lipinski definition) is 4. The van der Waals surface area contributed by atoms with E-state index in [4.69, 9.17) is 9.84 Å². The first-order valence-corrected chi connectivity index (χ1v) is 6.85. The van der Waals surface area contributed by atoms with Crippen LogP contribution in [0.3, 0.4) is 0 Å². The molecule has 0 radical (unpaired) electrons. The summed E-state index contributed by atoms with van der Waals surface area (Å²) in [5, 5.41) is 12.0. The van der Waals surface area contributed by atoms with E-state index in [2.05, 4.69) is 5.32 Å². The summed E-state index contributed by atoms with van der Waals surface area (Å²) in [6.07, 6.45) is 0. The zero-order valence-corrected chi connectivity index (χ0v) is 12.2. The van der Waals surface area contributed by atoms with Gasteiger partial charge in [-0.15, -0.1) is 0 Å². The summed E-state index contributed by atoms with van der Waals surface area (Å²) in [7, 11) is 1.74. The van der Waals surface area contributed by atoms with Crippen LogP contribution in [0.5, 0.6) is 0 Å². The van der Waals surface area contributed by atoms with E-state index in [1.54, 1.807) is 11.9 Å². The van der Waals surface area contributed by atoms with Gasteiger partial charge >= 0.3 is 5.97 Å². The lowest BCUT2D eigenvalue weighted by molar-refractivity contribution is -0.143. The van der Waals surface area contributed by atoms with Crippen LogP contribution in [0.4, 0.5) is 5.69 Å². The Morgan fingerprint density at radius 3 is 2.76 bits per heavy atom. The molecule has 114 valence electrons. The molecular formula is C15H20N2O4. The summed E-state index contributed by atoms with van der Waals surface area (Å²) in [4.78, 5) is 24.9. The molecule has 0 spiro atoms. The quantitative estimate of drug-likeness (QED) is 0.845. The highest BCUT2D eigenvalue weighted by molar-refractivity contribution is 5.93. The number of likely N-dealkylation sites (N-methyl/N-ethyl adjacent to an activating group) is 1. The molecule has 1 aliphatic rings. The van der Waals surface area contributed by atoms with Crippen LogP contribution in [0.2, 0.25) is 0 Å². The van der Waals surface area contributed by atoms with Crippen LogP contribution in [-0.4, -0.2) is 54.7 Å². The number of carbonyl (C=O) groups is 2. The molecule has 1 aromatic carbocycles. The second-order valence-electron chi connectivity index (χ2n) is 5.33. The van der Waals surface area contributed by atoms with Gasteiger partial charge in [0.15, 0.2) is 0 Å². The van der Waals surface area contributed by atoms with Gasteiger partial charge in [-0.05, 0) is 25.6 Å². The fraction of sp³-hybridized carbons (Fsp3) is 0.467. The Hall–Kier alpha value is -1.92. The molecule has 2 N–H and O–H groups in total. The van der Waals surface area contributed by atoms with Gasteiger partial charge in [-0.2, -0.15) is 0 Å². The van der Waals surface area contributed by atoms with Gasteiger partial charge in [0, 0.05) is 11.7 Å².